The molecule has 2 bridgehead atoms. The summed E-state index contributed by atoms with van der Waals surface area (Å²) in [7, 11) is 1.89. The van der Waals surface area contributed by atoms with Crippen LogP contribution in [0.4, 0.5) is 0 Å². The Kier molecular flexibility index (Phi) is 6.36. The van der Waals surface area contributed by atoms with Crippen LogP contribution in [0.1, 0.15) is 33.6 Å². The summed E-state index contributed by atoms with van der Waals surface area (Å²) in [5.74, 6) is -2.32. The molecule has 2 aliphatic rings. The van der Waals surface area contributed by atoms with Gasteiger partial charge in [-0.1, -0.05) is 19.1 Å². The van der Waals surface area contributed by atoms with Crippen molar-refractivity contribution in [2.24, 2.45) is 5.92 Å². The second-order valence-corrected chi connectivity index (χ2v) is 7.18. The minimum atomic E-state index is -1.78. The van der Waals surface area contributed by atoms with Crippen molar-refractivity contribution in [2.75, 3.05) is 26.7 Å². The molecule has 2 aliphatic heterocycles. The number of aliphatic hydroxyl groups is 1. The smallest absolute Gasteiger partial charge is 0.338 e. The maximum Gasteiger partial charge on any atom is 0.338 e. The number of nitrogens with zero attached hydrogens (tertiary/aromatic N) is 1. The second-order valence-electron chi connectivity index (χ2n) is 7.18. The fourth-order valence-electron chi connectivity index (χ4n) is 2.92. The van der Waals surface area contributed by atoms with E-state index in [0.29, 0.717) is 25.1 Å². The minimum absolute atomic E-state index is 0.140. The Hall–Kier alpha value is -1.99. The Balaban J connectivity index is 2.42. The molecular weight excluding hydrogens is 338 g/mol. The number of Topliss-reactive ketones (excluding diaryl/α,β-unsaturated/α-hetero) is 1. The van der Waals surface area contributed by atoms with E-state index in [1.165, 1.54) is 6.92 Å². The lowest BCUT2D eigenvalue weighted by Crippen LogP contribution is -2.45. The molecule has 0 radical (unpaired) electrons. The molecule has 0 unspecified atom stereocenters. The third-order valence-electron chi connectivity index (χ3n) is 5.15. The number of likely N-dealkylation sites (N-methyl/N-ethyl adjacent to an activating group) is 1. The third kappa shape index (κ3) is 4.40. The van der Waals surface area contributed by atoms with Crippen LogP contribution in [0.5, 0.6) is 0 Å². The number of hydrogen-bond acceptors (Lipinski definition) is 7. The summed E-state index contributed by atoms with van der Waals surface area (Å²) >= 11 is 0. The summed E-state index contributed by atoms with van der Waals surface area (Å²) in [5, 5.41) is 10.6. The number of fused-ring (bicyclic) bond motifs is 2. The zero-order valence-electron chi connectivity index (χ0n) is 15.8. The number of ether oxygens (including phenoxy) is 2. The first-order valence-electron chi connectivity index (χ1n) is 8.84. The van der Waals surface area contributed by atoms with Crippen LogP contribution in [-0.4, -0.2) is 66.2 Å². The number of hydrogen-bond donors (Lipinski definition) is 1. The molecule has 1 fully saturated rings. The van der Waals surface area contributed by atoms with Gasteiger partial charge in [-0.3, -0.25) is 4.79 Å². The molecule has 144 valence electrons. The van der Waals surface area contributed by atoms with Gasteiger partial charge in [-0.15, -0.1) is 0 Å². The van der Waals surface area contributed by atoms with Gasteiger partial charge in [0.15, 0.2) is 11.7 Å². The molecule has 7 nitrogen and oxygen atoms in total. The molecular formula is C19H27NO6. The summed E-state index contributed by atoms with van der Waals surface area (Å²) in [5.41, 5.74) is -1.19. The van der Waals surface area contributed by atoms with Gasteiger partial charge in [0.1, 0.15) is 6.61 Å². The van der Waals surface area contributed by atoms with Crippen LogP contribution in [0.3, 0.4) is 0 Å². The fraction of sp³-hybridized carbons (Fsp3) is 0.632. The summed E-state index contributed by atoms with van der Waals surface area (Å²) in [6.45, 7) is 5.58. The number of ketones is 1. The van der Waals surface area contributed by atoms with Crippen LogP contribution in [0.25, 0.3) is 0 Å². The Labute approximate surface area is 153 Å². The number of carbonyl (C=O) groups excluding carboxylic acids is 3. The van der Waals surface area contributed by atoms with Crippen molar-refractivity contribution in [1.29, 1.82) is 0 Å². The minimum Gasteiger partial charge on any atom is -0.459 e. The van der Waals surface area contributed by atoms with Crippen LogP contribution in [-0.2, 0) is 23.9 Å². The molecule has 26 heavy (non-hydrogen) atoms. The molecule has 2 heterocycles. The predicted octanol–water partition coefficient (Wildman–Crippen LogP) is 1.01. The van der Waals surface area contributed by atoms with Crippen LogP contribution in [0, 0.1) is 5.92 Å². The third-order valence-corrected chi connectivity index (χ3v) is 5.15. The molecule has 0 aromatic heterocycles. The largest absolute Gasteiger partial charge is 0.459 e. The molecule has 0 aliphatic carbocycles. The molecule has 0 aromatic rings. The van der Waals surface area contributed by atoms with Crippen molar-refractivity contribution < 1.29 is 29.0 Å². The van der Waals surface area contributed by atoms with Gasteiger partial charge in [0, 0.05) is 30.7 Å². The van der Waals surface area contributed by atoms with Crippen molar-refractivity contribution in [1.82, 2.24) is 4.90 Å². The lowest BCUT2D eigenvalue weighted by atomic mass is 9.85. The van der Waals surface area contributed by atoms with Crippen LogP contribution in [0.15, 0.2) is 23.3 Å². The van der Waals surface area contributed by atoms with Crippen molar-refractivity contribution in [3.05, 3.63) is 23.3 Å². The maximum atomic E-state index is 12.8. The molecule has 1 saturated heterocycles. The van der Waals surface area contributed by atoms with Crippen LogP contribution >= 0.6 is 0 Å². The molecule has 0 spiro atoms. The molecule has 1 N–H and O–H groups in total. The van der Waals surface area contributed by atoms with E-state index in [1.807, 2.05) is 11.9 Å². The lowest BCUT2D eigenvalue weighted by Gasteiger charge is -2.31. The van der Waals surface area contributed by atoms with E-state index in [1.54, 1.807) is 26.0 Å². The van der Waals surface area contributed by atoms with E-state index in [9.17, 15) is 19.5 Å². The number of carbonyl (C=O) groups is 3. The number of rotatable bonds is 0. The summed E-state index contributed by atoms with van der Waals surface area (Å²) in [4.78, 5) is 39.7. The standard InChI is InChI=1S/C19H27NO6/c1-5-13-10-12(2)19(3,24)18(23)25-11-14-6-8-20(4)9-7-15(16(14)21)26-17(13)22/h5-6,12,15,24H,7-11H2,1-4H3/b13-5+,14-6?/t12-,15+,19-/m1/s1. The highest BCUT2D eigenvalue weighted by Gasteiger charge is 2.40. The Morgan fingerprint density at radius 3 is 2.69 bits per heavy atom. The Morgan fingerprint density at radius 2 is 2.04 bits per heavy atom. The average Bonchev–Trinajstić information content (AvgIpc) is 2.59. The van der Waals surface area contributed by atoms with E-state index in [2.05, 4.69) is 0 Å². The molecule has 7 heteroatoms. The monoisotopic (exact) mass is 365 g/mol. The highest BCUT2D eigenvalue weighted by molar-refractivity contribution is 6.01. The highest BCUT2D eigenvalue weighted by atomic mass is 16.6. The van der Waals surface area contributed by atoms with Gasteiger partial charge in [-0.25, -0.2) is 9.59 Å². The van der Waals surface area contributed by atoms with Crippen LogP contribution in [0.2, 0.25) is 0 Å². The molecule has 2 rings (SSSR count). The number of esters is 2. The zero-order valence-corrected chi connectivity index (χ0v) is 15.8. The first kappa shape index (κ1) is 20.3. The van der Waals surface area contributed by atoms with Gasteiger partial charge >= 0.3 is 11.9 Å². The van der Waals surface area contributed by atoms with Crippen molar-refractivity contribution in [2.45, 2.75) is 45.3 Å². The van der Waals surface area contributed by atoms with Gasteiger partial charge in [0.2, 0.25) is 5.78 Å². The van der Waals surface area contributed by atoms with Crippen molar-refractivity contribution in [3.8, 4) is 0 Å². The molecule has 0 amide bonds. The van der Waals surface area contributed by atoms with Crippen molar-refractivity contribution >= 4 is 17.7 Å². The van der Waals surface area contributed by atoms with Gasteiger partial charge in [-0.2, -0.15) is 0 Å². The first-order chi connectivity index (χ1) is 12.2. The average molecular weight is 365 g/mol. The van der Waals surface area contributed by atoms with Gasteiger partial charge in [-0.05, 0) is 33.2 Å². The zero-order chi connectivity index (χ0) is 19.5. The SMILES string of the molecule is C/C=C1\C[C@@H](C)[C@@](C)(O)C(=O)OCC2=CCN(C)CC[C@H](OC1=O)C2=O. The topological polar surface area (TPSA) is 93.1 Å². The second kappa shape index (κ2) is 8.14. The van der Waals surface area contributed by atoms with Gasteiger partial charge in [0.25, 0.3) is 0 Å². The highest BCUT2D eigenvalue weighted by Crippen LogP contribution is 2.27. The predicted molar refractivity (Wildman–Crippen MR) is 94.2 cm³/mol. The van der Waals surface area contributed by atoms with Gasteiger partial charge < -0.3 is 19.5 Å². The van der Waals surface area contributed by atoms with E-state index >= 15 is 0 Å². The van der Waals surface area contributed by atoms with Crippen molar-refractivity contribution in [3.63, 3.8) is 0 Å². The molecule has 0 saturated carbocycles. The Morgan fingerprint density at radius 1 is 1.35 bits per heavy atom. The summed E-state index contributed by atoms with van der Waals surface area (Å²) < 4.78 is 10.7. The first-order valence-corrected chi connectivity index (χ1v) is 8.84. The number of cyclic esters (lactones) is 1. The fourth-order valence-corrected chi connectivity index (χ4v) is 2.92. The van der Waals surface area contributed by atoms with E-state index < -0.39 is 29.6 Å². The number of allylic oxidation sites excluding steroid dienone is 1. The summed E-state index contributed by atoms with van der Waals surface area (Å²) in [6, 6.07) is 0. The van der Waals surface area contributed by atoms with Gasteiger partial charge in [0.05, 0.1) is 0 Å². The molecule has 3 atom stereocenters. The summed E-state index contributed by atoms with van der Waals surface area (Å²) in [6.07, 6.45) is 2.86. The van der Waals surface area contributed by atoms with E-state index in [4.69, 9.17) is 9.47 Å². The van der Waals surface area contributed by atoms with E-state index in [0.717, 1.165) is 0 Å². The maximum absolute atomic E-state index is 12.8. The lowest BCUT2D eigenvalue weighted by molar-refractivity contribution is -0.169. The molecule has 0 aromatic carbocycles. The quantitative estimate of drug-likeness (QED) is 0.506. The Bertz CT molecular complexity index is 648. The van der Waals surface area contributed by atoms with Crippen LogP contribution < -0.4 is 0 Å². The van der Waals surface area contributed by atoms with E-state index in [-0.39, 0.29) is 24.4 Å². The normalized spacial score (nSPS) is 34.0.